The molecule has 3 rings (SSSR count). The molecule has 112 valence electrons. The molecule has 4 nitrogen and oxygen atoms in total. The van der Waals surface area contributed by atoms with Gasteiger partial charge in [0.25, 0.3) is 0 Å². The van der Waals surface area contributed by atoms with Crippen LogP contribution in [-0.2, 0) is 9.59 Å². The van der Waals surface area contributed by atoms with E-state index < -0.39 is 5.92 Å². The first-order chi connectivity index (χ1) is 10.6. The van der Waals surface area contributed by atoms with Gasteiger partial charge in [0.2, 0.25) is 11.8 Å². The van der Waals surface area contributed by atoms with E-state index in [-0.39, 0.29) is 18.2 Å². The predicted molar refractivity (Wildman–Crippen MR) is 92.0 cm³/mol. The summed E-state index contributed by atoms with van der Waals surface area (Å²) in [6.07, 6.45) is 0.172. The predicted octanol–water partition coefficient (Wildman–Crippen LogP) is 3.35. The molecule has 0 bridgehead atoms. The highest BCUT2D eigenvalue weighted by atomic mass is 127. The highest BCUT2D eigenvalue weighted by Crippen LogP contribution is 2.37. The molecule has 5 heteroatoms. The summed E-state index contributed by atoms with van der Waals surface area (Å²) in [6, 6.07) is 14.7. The lowest BCUT2D eigenvalue weighted by molar-refractivity contribution is -0.121. The second-order valence-corrected chi connectivity index (χ2v) is 6.29. The van der Waals surface area contributed by atoms with Crippen LogP contribution in [0, 0.1) is 3.57 Å². The number of methoxy groups -OCH3 is 1. The molecule has 2 aromatic rings. The van der Waals surface area contributed by atoms with Gasteiger partial charge >= 0.3 is 0 Å². The number of halogens is 1. The van der Waals surface area contributed by atoms with Gasteiger partial charge in [-0.15, -0.1) is 0 Å². The van der Waals surface area contributed by atoms with Crippen molar-refractivity contribution in [2.45, 2.75) is 12.3 Å². The molecule has 0 aliphatic carbocycles. The third-order valence-electron chi connectivity index (χ3n) is 3.75. The van der Waals surface area contributed by atoms with Crippen LogP contribution in [0.3, 0.4) is 0 Å². The summed E-state index contributed by atoms with van der Waals surface area (Å²) in [7, 11) is 1.57. The van der Waals surface area contributed by atoms with Crippen LogP contribution < -0.4 is 9.64 Å². The van der Waals surface area contributed by atoms with E-state index in [9.17, 15) is 9.59 Å². The first kappa shape index (κ1) is 15.0. The molecular weight excluding hydrogens is 393 g/mol. The summed E-state index contributed by atoms with van der Waals surface area (Å²) in [4.78, 5) is 26.3. The fourth-order valence-electron chi connectivity index (χ4n) is 2.69. The highest BCUT2D eigenvalue weighted by Gasteiger charge is 2.41. The van der Waals surface area contributed by atoms with Crippen LogP contribution in [-0.4, -0.2) is 18.9 Å². The Morgan fingerprint density at radius 2 is 1.77 bits per heavy atom. The lowest BCUT2D eigenvalue weighted by Crippen LogP contribution is -2.30. The maximum absolute atomic E-state index is 12.7. The average molecular weight is 407 g/mol. The Balaban J connectivity index is 1.96. The van der Waals surface area contributed by atoms with Crippen molar-refractivity contribution in [1.82, 2.24) is 0 Å². The standard InChI is InChI=1S/C17H14INO3/c1-22-15-5-3-2-4-13(15)14-10-16(20)19(17(14)21)12-8-6-11(18)7-9-12/h2-9,14H,10H2,1H3/t14-/m0/s1. The molecule has 1 heterocycles. The Bertz CT molecular complexity index is 727. The first-order valence-electron chi connectivity index (χ1n) is 6.87. The molecule has 0 unspecified atom stereocenters. The number of carbonyl (C=O) groups is 2. The summed E-state index contributed by atoms with van der Waals surface area (Å²) in [6.45, 7) is 0. The molecule has 22 heavy (non-hydrogen) atoms. The largest absolute Gasteiger partial charge is 0.496 e. The zero-order chi connectivity index (χ0) is 15.7. The molecular formula is C17H14INO3. The van der Waals surface area contributed by atoms with Gasteiger partial charge in [-0.25, -0.2) is 0 Å². The van der Waals surface area contributed by atoms with Crippen molar-refractivity contribution >= 4 is 40.1 Å². The van der Waals surface area contributed by atoms with E-state index in [2.05, 4.69) is 22.6 Å². The fraction of sp³-hybridized carbons (Fsp3) is 0.176. The number of ether oxygens (including phenoxy) is 1. The Morgan fingerprint density at radius 3 is 2.45 bits per heavy atom. The average Bonchev–Trinajstić information content (AvgIpc) is 2.83. The van der Waals surface area contributed by atoms with E-state index in [1.54, 1.807) is 25.3 Å². The zero-order valence-electron chi connectivity index (χ0n) is 12.0. The van der Waals surface area contributed by atoms with Crippen LogP contribution in [0.5, 0.6) is 5.75 Å². The Morgan fingerprint density at radius 1 is 1.09 bits per heavy atom. The van der Waals surface area contributed by atoms with Crippen LogP contribution in [0.25, 0.3) is 0 Å². The van der Waals surface area contributed by atoms with Gasteiger partial charge in [-0.2, -0.15) is 0 Å². The second kappa shape index (κ2) is 6.08. The summed E-state index contributed by atoms with van der Waals surface area (Å²) in [5.41, 5.74) is 1.38. The third kappa shape index (κ3) is 2.61. The lowest BCUT2D eigenvalue weighted by atomic mass is 9.96. The number of rotatable bonds is 3. The number of amides is 2. The van der Waals surface area contributed by atoms with Gasteiger partial charge in [0.05, 0.1) is 18.7 Å². The van der Waals surface area contributed by atoms with Crippen molar-refractivity contribution in [2.75, 3.05) is 12.0 Å². The summed E-state index contributed by atoms with van der Waals surface area (Å²) in [5, 5.41) is 0. The minimum Gasteiger partial charge on any atom is -0.496 e. The minimum atomic E-state index is -0.483. The van der Waals surface area contributed by atoms with E-state index in [1.807, 2.05) is 30.3 Å². The van der Waals surface area contributed by atoms with Gasteiger partial charge < -0.3 is 4.74 Å². The van der Waals surface area contributed by atoms with E-state index >= 15 is 0 Å². The van der Waals surface area contributed by atoms with Crippen LogP contribution in [0.2, 0.25) is 0 Å². The SMILES string of the molecule is COc1ccccc1[C@@H]1CC(=O)N(c2ccc(I)cc2)C1=O. The van der Waals surface area contributed by atoms with Crippen molar-refractivity contribution in [3.8, 4) is 5.75 Å². The van der Waals surface area contributed by atoms with Gasteiger partial charge in [-0.3, -0.25) is 14.5 Å². The molecule has 0 spiro atoms. The molecule has 2 aromatic carbocycles. The number of nitrogens with zero attached hydrogens (tertiary/aromatic N) is 1. The minimum absolute atomic E-state index is 0.172. The maximum atomic E-state index is 12.7. The Hall–Kier alpha value is -1.89. The van der Waals surface area contributed by atoms with Gasteiger partial charge in [0.1, 0.15) is 5.75 Å². The van der Waals surface area contributed by atoms with Crippen molar-refractivity contribution in [1.29, 1.82) is 0 Å². The second-order valence-electron chi connectivity index (χ2n) is 5.04. The fourth-order valence-corrected chi connectivity index (χ4v) is 3.05. The Kier molecular flexibility index (Phi) is 4.15. The summed E-state index contributed by atoms with van der Waals surface area (Å²) < 4.78 is 6.37. The third-order valence-corrected chi connectivity index (χ3v) is 4.46. The zero-order valence-corrected chi connectivity index (χ0v) is 14.1. The van der Waals surface area contributed by atoms with Gasteiger partial charge in [0, 0.05) is 15.6 Å². The number of hydrogen-bond donors (Lipinski definition) is 0. The van der Waals surface area contributed by atoms with Crippen LogP contribution >= 0.6 is 22.6 Å². The number of imide groups is 1. The van der Waals surface area contributed by atoms with Crippen molar-refractivity contribution < 1.29 is 14.3 Å². The maximum Gasteiger partial charge on any atom is 0.241 e. The number of anilines is 1. The summed E-state index contributed by atoms with van der Waals surface area (Å²) in [5.74, 6) is -0.223. The molecule has 1 atom stereocenters. The molecule has 1 aliphatic rings. The van der Waals surface area contributed by atoms with E-state index in [1.165, 1.54) is 4.90 Å². The molecule has 1 saturated heterocycles. The number of hydrogen-bond acceptors (Lipinski definition) is 3. The Labute approximate surface area is 142 Å². The molecule has 2 amide bonds. The molecule has 1 fully saturated rings. The van der Waals surface area contributed by atoms with Crippen molar-refractivity contribution in [2.24, 2.45) is 0 Å². The van der Waals surface area contributed by atoms with Gasteiger partial charge in [-0.05, 0) is 52.9 Å². The monoisotopic (exact) mass is 407 g/mol. The van der Waals surface area contributed by atoms with Crippen LogP contribution in [0.15, 0.2) is 48.5 Å². The molecule has 0 saturated carbocycles. The molecule has 0 N–H and O–H groups in total. The van der Waals surface area contributed by atoms with E-state index in [0.29, 0.717) is 11.4 Å². The topological polar surface area (TPSA) is 46.6 Å². The van der Waals surface area contributed by atoms with Crippen molar-refractivity contribution in [3.05, 3.63) is 57.7 Å². The molecule has 0 aromatic heterocycles. The summed E-state index contributed by atoms with van der Waals surface area (Å²) >= 11 is 2.19. The van der Waals surface area contributed by atoms with Crippen LogP contribution in [0.4, 0.5) is 5.69 Å². The number of benzene rings is 2. The van der Waals surface area contributed by atoms with E-state index in [0.717, 1.165) is 9.13 Å². The van der Waals surface area contributed by atoms with Gasteiger partial charge in [-0.1, -0.05) is 18.2 Å². The van der Waals surface area contributed by atoms with Crippen LogP contribution in [0.1, 0.15) is 17.9 Å². The number of para-hydroxylation sites is 1. The van der Waals surface area contributed by atoms with E-state index in [4.69, 9.17) is 4.74 Å². The van der Waals surface area contributed by atoms with Gasteiger partial charge in [0.15, 0.2) is 0 Å². The molecule has 1 aliphatic heterocycles. The quantitative estimate of drug-likeness (QED) is 0.579. The molecule has 0 radical (unpaired) electrons. The van der Waals surface area contributed by atoms with Crippen molar-refractivity contribution in [3.63, 3.8) is 0 Å². The number of carbonyl (C=O) groups excluding carboxylic acids is 2. The lowest BCUT2D eigenvalue weighted by Gasteiger charge is -2.16. The smallest absolute Gasteiger partial charge is 0.241 e. The normalized spacial score (nSPS) is 17.9. The first-order valence-corrected chi connectivity index (χ1v) is 7.95. The highest BCUT2D eigenvalue weighted by molar-refractivity contribution is 14.1.